The second-order valence-electron chi connectivity index (χ2n) is 3.96. The van der Waals surface area contributed by atoms with E-state index >= 15 is 0 Å². The predicted molar refractivity (Wildman–Crippen MR) is 60.8 cm³/mol. The Morgan fingerprint density at radius 2 is 2.20 bits per heavy atom. The first-order chi connectivity index (χ1) is 7.25. The van der Waals surface area contributed by atoms with Crippen molar-refractivity contribution < 1.29 is 9.90 Å². The van der Waals surface area contributed by atoms with Crippen LogP contribution in [-0.4, -0.2) is 11.1 Å². The molecule has 3 rings (SSSR count). The summed E-state index contributed by atoms with van der Waals surface area (Å²) < 4.78 is 1.16. The molecule has 0 spiro atoms. The third-order valence-corrected chi connectivity index (χ3v) is 3.99. The summed E-state index contributed by atoms with van der Waals surface area (Å²) in [6.45, 7) is 0. The van der Waals surface area contributed by atoms with Crippen molar-refractivity contribution in [1.82, 2.24) is 0 Å². The Morgan fingerprint density at radius 3 is 2.87 bits per heavy atom. The molecule has 0 bridgehead atoms. The van der Waals surface area contributed by atoms with Crippen molar-refractivity contribution in [3.05, 3.63) is 34.7 Å². The first-order valence-electron chi connectivity index (χ1n) is 5.01. The molecule has 2 nitrogen and oxygen atoms in total. The SMILES string of the molecule is O=C(O)c1cc2cccc(C3CC3)c2s1. The van der Waals surface area contributed by atoms with Gasteiger partial charge in [0.15, 0.2) is 0 Å². The summed E-state index contributed by atoms with van der Waals surface area (Å²) >= 11 is 1.40. The molecule has 15 heavy (non-hydrogen) atoms. The van der Waals surface area contributed by atoms with Gasteiger partial charge in [0.1, 0.15) is 4.88 Å². The molecule has 0 saturated heterocycles. The maximum absolute atomic E-state index is 10.9. The number of hydrogen-bond donors (Lipinski definition) is 1. The van der Waals surface area contributed by atoms with E-state index in [-0.39, 0.29) is 0 Å². The van der Waals surface area contributed by atoms with Gasteiger partial charge in [-0.15, -0.1) is 11.3 Å². The number of benzene rings is 1. The Balaban J connectivity index is 2.24. The highest BCUT2D eigenvalue weighted by molar-refractivity contribution is 7.20. The highest BCUT2D eigenvalue weighted by Crippen LogP contribution is 2.44. The number of aromatic carboxylic acids is 1. The maximum Gasteiger partial charge on any atom is 0.345 e. The van der Waals surface area contributed by atoms with Gasteiger partial charge in [-0.1, -0.05) is 18.2 Å². The topological polar surface area (TPSA) is 37.3 Å². The van der Waals surface area contributed by atoms with Crippen molar-refractivity contribution in [1.29, 1.82) is 0 Å². The monoisotopic (exact) mass is 218 g/mol. The molecule has 1 heterocycles. The first-order valence-corrected chi connectivity index (χ1v) is 5.83. The van der Waals surface area contributed by atoms with E-state index in [2.05, 4.69) is 6.07 Å². The lowest BCUT2D eigenvalue weighted by Crippen LogP contribution is -1.89. The highest BCUT2D eigenvalue weighted by atomic mass is 32.1. The summed E-state index contributed by atoms with van der Waals surface area (Å²) in [7, 11) is 0. The molecule has 1 aromatic heterocycles. The number of carboxylic acids is 1. The van der Waals surface area contributed by atoms with Crippen molar-refractivity contribution >= 4 is 27.4 Å². The molecule has 1 fully saturated rings. The van der Waals surface area contributed by atoms with Crippen LogP contribution in [0.15, 0.2) is 24.3 Å². The molecular weight excluding hydrogens is 208 g/mol. The Morgan fingerprint density at radius 1 is 1.40 bits per heavy atom. The summed E-state index contributed by atoms with van der Waals surface area (Å²) in [6, 6.07) is 7.91. The van der Waals surface area contributed by atoms with E-state index in [9.17, 15) is 4.79 Å². The number of carbonyl (C=O) groups is 1. The minimum Gasteiger partial charge on any atom is -0.477 e. The van der Waals surface area contributed by atoms with E-state index in [1.54, 1.807) is 6.07 Å². The fraction of sp³-hybridized carbons (Fsp3) is 0.250. The van der Waals surface area contributed by atoms with Crippen molar-refractivity contribution in [2.75, 3.05) is 0 Å². The highest BCUT2D eigenvalue weighted by Gasteiger charge is 2.26. The van der Waals surface area contributed by atoms with E-state index in [4.69, 9.17) is 5.11 Å². The van der Waals surface area contributed by atoms with Crippen LogP contribution in [0.2, 0.25) is 0 Å². The third-order valence-electron chi connectivity index (χ3n) is 2.80. The number of carboxylic acid groups (broad SMARTS) is 1. The van der Waals surface area contributed by atoms with Gasteiger partial charge >= 0.3 is 5.97 Å². The third kappa shape index (κ3) is 1.43. The van der Waals surface area contributed by atoms with E-state index in [1.807, 2.05) is 12.1 Å². The van der Waals surface area contributed by atoms with Crippen LogP contribution in [0, 0.1) is 0 Å². The van der Waals surface area contributed by atoms with Crippen LogP contribution in [0.3, 0.4) is 0 Å². The molecule has 1 aromatic carbocycles. The molecule has 0 aliphatic heterocycles. The Kier molecular flexibility index (Phi) is 1.83. The van der Waals surface area contributed by atoms with Crippen LogP contribution >= 0.6 is 11.3 Å². The summed E-state index contributed by atoms with van der Waals surface area (Å²) in [4.78, 5) is 11.3. The Labute approximate surface area is 91.2 Å². The molecule has 76 valence electrons. The first kappa shape index (κ1) is 8.92. The smallest absolute Gasteiger partial charge is 0.345 e. The standard InChI is InChI=1S/C12H10O2S/c13-12(14)10-6-8-2-1-3-9(7-4-5-7)11(8)15-10/h1-3,6-7H,4-5H2,(H,13,14). The second kappa shape index (κ2) is 3.07. The number of fused-ring (bicyclic) bond motifs is 1. The van der Waals surface area contributed by atoms with Crippen LogP contribution in [-0.2, 0) is 0 Å². The molecule has 1 saturated carbocycles. The molecule has 1 aliphatic carbocycles. The van der Waals surface area contributed by atoms with Crippen LogP contribution in [0.25, 0.3) is 10.1 Å². The van der Waals surface area contributed by atoms with E-state index < -0.39 is 5.97 Å². The summed E-state index contributed by atoms with van der Waals surface area (Å²) in [5.74, 6) is -0.146. The minimum atomic E-state index is -0.821. The van der Waals surface area contributed by atoms with Gasteiger partial charge in [-0.25, -0.2) is 4.79 Å². The van der Waals surface area contributed by atoms with Crippen LogP contribution < -0.4 is 0 Å². The summed E-state index contributed by atoms with van der Waals surface area (Å²) in [6.07, 6.45) is 2.50. The van der Waals surface area contributed by atoms with Crippen LogP contribution in [0.5, 0.6) is 0 Å². The number of rotatable bonds is 2. The van der Waals surface area contributed by atoms with Crippen molar-refractivity contribution in [3.8, 4) is 0 Å². The average molecular weight is 218 g/mol. The van der Waals surface area contributed by atoms with Gasteiger partial charge < -0.3 is 5.11 Å². The lowest BCUT2D eigenvalue weighted by atomic mass is 10.1. The zero-order valence-corrected chi connectivity index (χ0v) is 8.88. The van der Waals surface area contributed by atoms with E-state index in [0.717, 1.165) is 10.1 Å². The molecular formula is C12H10O2S. The molecule has 2 aromatic rings. The molecule has 3 heteroatoms. The molecule has 0 radical (unpaired) electrons. The molecule has 0 unspecified atom stereocenters. The van der Waals surface area contributed by atoms with Gasteiger partial charge in [0, 0.05) is 4.70 Å². The van der Waals surface area contributed by atoms with Gasteiger partial charge in [0.25, 0.3) is 0 Å². The average Bonchev–Trinajstić information content (AvgIpc) is 2.95. The minimum absolute atomic E-state index is 0.443. The lowest BCUT2D eigenvalue weighted by Gasteiger charge is -1.98. The number of thiophene rings is 1. The zero-order valence-electron chi connectivity index (χ0n) is 8.06. The Bertz CT molecular complexity index is 538. The fourth-order valence-corrected chi connectivity index (χ4v) is 3.00. The largest absolute Gasteiger partial charge is 0.477 e. The predicted octanol–water partition coefficient (Wildman–Crippen LogP) is 3.48. The van der Waals surface area contributed by atoms with Gasteiger partial charge in [0.2, 0.25) is 0 Å². The van der Waals surface area contributed by atoms with Gasteiger partial charge in [-0.05, 0) is 35.8 Å². The molecule has 0 atom stereocenters. The van der Waals surface area contributed by atoms with Gasteiger partial charge in [0.05, 0.1) is 0 Å². The molecule has 1 aliphatic rings. The van der Waals surface area contributed by atoms with E-state index in [1.165, 1.54) is 29.7 Å². The maximum atomic E-state index is 10.9. The second-order valence-corrected chi connectivity index (χ2v) is 5.01. The lowest BCUT2D eigenvalue weighted by molar-refractivity contribution is 0.0702. The zero-order chi connectivity index (χ0) is 10.4. The van der Waals surface area contributed by atoms with Crippen molar-refractivity contribution in [2.45, 2.75) is 18.8 Å². The Hall–Kier alpha value is -1.35. The summed E-state index contributed by atoms with van der Waals surface area (Å²) in [5.41, 5.74) is 1.34. The van der Waals surface area contributed by atoms with Crippen molar-refractivity contribution in [2.24, 2.45) is 0 Å². The van der Waals surface area contributed by atoms with Gasteiger partial charge in [-0.3, -0.25) is 0 Å². The normalized spacial score (nSPS) is 15.7. The van der Waals surface area contributed by atoms with Crippen molar-refractivity contribution in [3.63, 3.8) is 0 Å². The van der Waals surface area contributed by atoms with Crippen LogP contribution in [0.1, 0.15) is 34.0 Å². The summed E-state index contributed by atoms with van der Waals surface area (Å²) in [5, 5.41) is 10.0. The fourth-order valence-electron chi connectivity index (χ4n) is 1.91. The number of hydrogen-bond acceptors (Lipinski definition) is 2. The van der Waals surface area contributed by atoms with E-state index in [0.29, 0.717) is 10.8 Å². The van der Waals surface area contributed by atoms with Gasteiger partial charge in [-0.2, -0.15) is 0 Å². The quantitative estimate of drug-likeness (QED) is 0.837. The van der Waals surface area contributed by atoms with Crippen LogP contribution in [0.4, 0.5) is 0 Å². The molecule has 1 N–H and O–H groups in total. The molecule has 0 amide bonds.